The summed E-state index contributed by atoms with van der Waals surface area (Å²) in [6, 6.07) is 7.61. The topological polar surface area (TPSA) is 29.5 Å². The van der Waals surface area contributed by atoms with Crippen LogP contribution in [-0.2, 0) is 6.42 Å². The van der Waals surface area contributed by atoms with Crippen molar-refractivity contribution in [3.8, 4) is 5.75 Å². The van der Waals surface area contributed by atoms with E-state index >= 15 is 0 Å². The molecule has 0 heterocycles. The van der Waals surface area contributed by atoms with Crippen molar-refractivity contribution < 1.29 is 9.84 Å². The number of hydrogen-bond donors (Lipinski definition) is 1. The smallest absolute Gasteiger partial charge is 0.119 e. The van der Waals surface area contributed by atoms with E-state index < -0.39 is 0 Å². The van der Waals surface area contributed by atoms with Gasteiger partial charge in [-0.05, 0) is 17.7 Å². The van der Waals surface area contributed by atoms with Crippen LogP contribution in [0.5, 0.6) is 5.75 Å². The Labute approximate surface area is 66.4 Å². The van der Waals surface area contributed by atoms with Crippen molar-refractivity contribution in [3.05, 3.63) is 36.4 Å². The third kappa shape index (κ3) is 2.24. The molecule has 0 saturated heterocycles. The largest absolute Gasteiger partial charge is 0.497 e. The summed E-state index contributed by atoms with van der Waals surface area (Å²) in [7, 11) is 1.63. The summed E-state index contributed by atoms with van der Waals surface area (Å²) in [5, 5.41) is 8.52. The molecule has 1 N–H and O–H groups in total. The van der Waals surface area contributed by atoms with Crippen LogP contribution < -0.4 is 4.74 Å². The molecule has 2 nitrogen and oxygen atoms in total. The third-order valence-electron chi connectivity index (χ3n) is 1.46. The van der Waals surface area contributed by atoms with Crippen molar-refractivity contribution in [1.29, 1.82) is 0 Å². The predicted octanol–water partition coefficient (Wildman–Crippen LogP) is 1.77. The van der Waals surface area contributed by atoms with Gasteiger partial charge in [-0.15, -0.1) is 0 Å². The fraction of sp³-hybridized carbons (Fsp3) is 0.222. The van der Waals surface area contributed by atoms with E-state index in [0.29, 0.717) is 6.42 Å². The summed E-state index contributed by atoms with van der Waals surface area (Å²) in [6.07, 6.45) is 0.567. The summed E-state index contributed by atoms with van der Waals surface area (Å²) < 4.78 is 5.01. The van der Waals surface area contributed by atoms with Gasteiger partial charge in [-0.25, -0.2) is 0 Å². The number of benzene rings is 1. The number of methoxy groups -OCH3 is 1. The number of rotatable bonds is 3. The quantitative estimate of drug-likeness (QED) is 0.713. The monoisotopic (exact) mass is 151 g/mol. The van der Waals surface area contributed by atoms with Gasteiger partial charge in [-0.2, -0.15) is 0 Å². The maximum Gasteiger partial charge on any atom is 0.119 e. The molecule has 0 spiro atoms. The molecule has 1 rings (SSSR count). The molecule has 0 aliphatic heterocycles. The van der Waals surface area contributed by atoms with Crippen molar-refractivity contribution in [2.24, 2.45) is 0 Å². The van der Waals surface area contributed by atoms with Gasteiger partial charge in [-0.3, -0.25) is 0 Å². The first-order valence-corrected chi connectivity index (χ1v) is 3.45. The molecular formula is C9H11O2. The molecule has 0 bridgehead atoms. The Morgan fingerprint density at radius 3 is 3.00 bits per heavy atom. The van der Waals surface area contributed by atoms with Crippen molar-refractivity contribution >= 4 is 0 Å². The highest BCUT2D eigenvalue weighted by Crippen LogP contribution is 2.12. The van der Waals surface area contributed by atoms with E-state index in [0.717, 1.165) is 17.9 Å². The zero-order valence-electron chi connectivity index (χ0n) is 6.45. The van der Waals surface area contributed by atoms with E-state index in [-0.39, 0.29) is 0 Å². The van der Waals surface area contributed by atoms with E-state index in [1.54, 1.807) is 7.11 Å². The first kappa shape index (κ1) is 8.08. The fourth-order valence-electron chi connectivity index (χ4n) is 0.905. The Kier molecular flexibility index (Phi) is 2.93. The van der Waals surface area contributed by atoms with Gasteiger partial charge in [0.05, 0.1) is 13.7 Å². The summed E-state index contributed by atoms with van der Waals surface area (Å²) in [5.41, 5.74) is 1.05. The van der Waals surface area contributed by atoms with Crippen LogP contribution in [0.25, 0.3) is 0 Å². The molecule has 1 aromatic rings. The highest BCUT2D eigenvalue weighted by atomic mass is 16.5. The maximum atomic E-state index is 8.52. The van der Waals surface area contributed by atoms with Gasteiger partial charge >= 0.3 is 0 Å². The van der Waals surface area contributed by atoms with Crippen molar-refractivity contribution in [2.75, 3.05) is 7.11 Å². The summed E-state index contributed by atoms with van der Waals surface area (Å²) in [4.78, 5) is 0. The van der Waals surface area contributed by atoms with Crippen LogP contribution in [0.1, 0.15) is 5.56 Å². The average Bonchev–Trinajstić information content (AvgIpc) is 2.06. The Morgan fingerprint density at radius 2 is 2.36 bits per heavy atom. The van der Waals surface area contributed by atoms with Gasteiger partial charge < -0.3 is 9.84 Å². The normalized spacial score (nSPS) is 9.64. The minimum Gasteiger partial charge on any atom is -0.497 e. The van der Waals surface area contributed by atoms with Gasteiger partial charge in [0.1, 0.15) is 5.75 Å². The number of ether oxygens (including phenoxy) is 1. The minimum absolute atomic E-state index is 0.567. The van der Waals surface area contributed by atoms with Crippen LogP contribution in [0.3, 0.4) is 0 Å². The van der Waals surface area contributed by atoms with Gasteiger partial charge in [0, 0.05) is 6.42 Å². The molecule has 0 atom stereocenters. The number of aliphatic hydroxyl groups is 1. The highest BCUT2D eigenvalue weighted by Gasteiger charge is 1.93. The standard InChI is InChI=1S/C9H11O2/c1-11-9-4-2-3-8(7-9)5-6-10/h2-4,6-7,10H,5H2,1H3. The van der Waals surface area contributed by atoms with E-state index in [9.17, 15) is 0 Å². The Balaban J connectivity index is 2.74. The zero-order valence-corrected chi connectivity index (χ0v) is 6.45. The first-order chi connectivity index (χ1) is 5.36. The number of aliphatic hydroxyl groups excluding tert-OH is 1. The van der Waals surface area contributed by atoms with Crippen LogP contribution in [0.2, 0.25) is 0 Å². The Morgan fingerprint density at radius 1 is 1.55 bits per heavy atom. The predicted molar refractivity (Wildman–Crippen MR) is 42.9 cm³/mol. The molecular weight excluding hydrogens is 140 g/mol. The van der Waals surface area contributed by atoms with Crippen LogP contribution in [0.15, 0.2) is 24.3 Å². The molecule has 0 aromatic heterocycles. The van der Waals surface area contributed by atoms with Crippen LogP contribution in [0, 0.1) is 6.61 Å². The molecule has 0 fully saturated rings. The fourth-order valence-corrected chi connectivity index (χ4v) is 0.905. The van der Waals surface area contributed by atoms with Crippen LogP contribution >= 0.6 is 0 Å². The Bertz CT molecular complexity index is 221. The molecule has 2 heteroatoms. The lowest BCUT2D eigenvalue weighted by Crippen LogP contribution is -1.87. The van der Waals surface area contributed by atoms with Crippen molar-refractivity contribution in [3.63, 3.8) is 0 Å². The van der Waals surface area contributed by atoms with E-state index in [2.05, 4.69) is 0 Å². The Hall–Kier alpha value is -1.02. The lowest BCUT2D eigenvalue weighted by Gasteiger charge is -2.01. The summed E-state index contributed by atoms with van der Waals surface area (Å²) in [5.74, 6) is 0.823. The van der Waals surface area contributed by atoms with Gasteiger partial charge in [0.15, 0.2) is 0 Å². The third-order valence-corrected chi connectivity index (χ3v) is 1.46. The number of hydrogen-bond acceptors (Lipinski definition) is 2. The molecule has 1 aromatic carbocycles. The van der Waals surface area contributed by atoms with Crippen molar-refractivity contribution in [2.45, 2.75) is 6.42 Å². The average molecular weight is 151 g/mol. The second-order valence-electron chi connectivity index (χ2n) is 2.24. The molecule has 1 radical (unpaired) electrons. The van der Waals surface area contributed by atoms with Gasteiger partial charge in [0.2, 0.25) is 0 Å². The van der Waals surface area contributed by atoms with E-state index in [1.165, 1.54) is 0 Å². The van der Waals surface area contributed by atoms with Gasteiger partial charge in [-0.1, -0.05) is 12.1 Å². The van der Waals surface area contributed by atoms with E-state index in [4.69, 9.17) is 9.84 Å². The van der Waals surface area contributed by atoms with Crippen LogP contribution in [0.4, 0.5) is 0 Å². The second kappa shape index (κ2) is 3.98. The lowest BCUT2D eigenvalue weighted by molar-refractivity contribution is 0.384. The molecule has 0 aliphatic carbocycles. The summed E-state index contributed by atoms with van der Waals surface area (Å²) in [6.45, 7) is 1.13. The minimum atomic E-state index is 0.567. The molecule has 0 aliphatic rings. The van der Waals surface area contributed by atoms with E-state index in [1.807, 2.05) is 24.3 Å². The molecule has 0 saturated carbocycles. The maximum absolute atomic E-state index is 8.52. The van der Waals surface area contributed by atoms with Crippen molar-refractivity contribution in [1.82, 2.24) is 0 Å². The SMILES string of the molecule is COc1cccc(C[CH]O)c1. The zero-order chi connectivity index (χ0) is 8.10. The first-order valence-electron chi connectivity index (χ1n) is 3.45. The summed E-state index contributed by atoms with van der Waals surface area (Å²) >= 11 is 0. The molecule has 11 heavy (non-hydrogen) atoms. The molecule has 0 unspecified atom stereocenters. The molecule has 59 valence electrons. The van der Waals surface area contributed by atoms with Crippen LogP contribution in [-0.4, -0.2) is 12.2 Å². The molecule has 0 amide bonds. The second-order valence-corrected chi connectivity index (χ2v) is 2.24. The lowest BCUT2D eigenvalue weighted by atomic mass is 10.1. The van der Waals surface area contributed by atoms with Gasteiger partial charge in [0.25, 0.3) is 0 Å². The highest BCUT2D eigenvalue weighted by molar-refractivity contribution is 5.28.